The smallest absolute Gasteiger partial charge is 0.273 e. The number of rotatable bonds is 6. The summed E-state index contributed by atoms with van der Waals surface area (Å²) < 4.78 is 0. The maximum Gasteiger partial charge on any atom is 0.273 e. The minimum Gasteiger partial charge on any atom is -0.292 e. The number of non-ortho nitro benzene ring substituents is 1. The second-order valence-corrected chi connectivity index (χ2v) is 7.95. The van der Waals surface area contributed by atoms with Crippen LogP contribution in [0.4, 0.5) is 5.69 Å². The number of hydrogen-bond acceptors (Lipinski definition) is 6. The van der Waals surface area contributed by atoms with Crippen molar-refractivity contribution in [2.24, 2.45) is 11.8 Å². The molecule has 0 N–H and O–H groups in total. The Morgan fingerprint density at radius 1 is 0.938 bits per heavy atom. The number of carbonyl (C=O) groups is 4. The highest BCUT2D eigenvalue weighted by Crippen LogP contribution is 2.39. The number of fused-ring (bicyclic) bond motifs is 1. The highest BCUT2D eigenvalue weighted by Gasteiger charge is 2.51. The molecule has 2 atom stereocenters. The molecule has 1 saturated carbocycles. The van der Waals surface area contributed by atoms with Gasteiger partial charge in [-0.05, 0) is 18.9 Å². The summed E-state index contributed by atoms with van der Waals surface area (Å²) in [5.74, 6) is -3.30. The molecule has 2 aromatic carbocycles. The Bertz CT molecular complexity index is 1080. The number of hydrazine groups is 1. The molecule has 0 unspecified atom stereocenters. The Balaban J connectivity index is 1.71. The number of nitro groups is 1. The second kappa shape index (κ2) is 8.70. The van der Waals surface area contributed by atoms with Gasteiger partial charge in [-0.3, -0.25) is 29.3 Å². The molecule has 9 heteroatoms. The maximum atomic E-state index is 13.4. The molecule has 1 saturated heterocycles. The van der Waals surface area contributed by atoms with E-state index < -0.39 is 46.8 Å². The minimum absolute atomic E-state index is 0.0875. The summed E-state index contributed by atoms with van der Waals surface area (Å²) in [4.78, 5) is 63.0. The van der Waals surface area contributed by atoms with Gasteiger partial charge in [0.2, 0.25) is 0 Å². The van der Waals surface area contributed by atoms with Crippen LogP contribution in [-0.2, 0) is 9.59 Å². The molecule has 2 aromatic rings. The van der Waals surface area contributed by atoms with E-state index in [2.05, 4.69) is 0 Å². The third-order valence-corrected chi connectivity index (χ3v) is 5.99. The van der Waals surface area contributed by atoms with Crippen LogP contribution < -0.4 is 0 Å². The van der Waals surface area contributed by atoms with Gasteiger partial charge in [0.25, 0.3) is 23.4 Å². The van der Waals surface area contributed by atoms with Crippen LogP contribution in [0.2, 0.25) is 0 Å². The van der Waals surface area contributed by atoms with Crippen LogP contribution in [0.5, 0.6) is 0 Å². The Morgan fingerprint density at radius 3 is 2.12 bits per heavy atom. The lowest BCUT2D eigenvalue weighted by Crippen LogP contribution is -2.52. The average molecular weight is 435 g/mol. The van der Waals surface area contributed by atoms with E-state index >= 15 is 0 Å². The van der Waals surface area contributed by atoms with Crippen LogP contribution in [0, 0.1) is 22.0 Å². The largest absolute Gasteiger partial charge is 0.292 e. The first kappa shape index (κ1) is 21.4. The first-order chi connectivity index (χ1) is 15.4. The number of Topliss-reactive ketones (excluding diaryl/α,β-unsaturated/α-hetero) is 1. The fourth-order valence-electron chi connectivity index (χ4n) is 4.37. The monoisotopic (exact) mass is 435 g/mol. The second-order valence-electron chi connectivity index (χ2n) is 7.95. The first-order valence-electron chi connectivity index (χ1n) is 10.4. The van der Waals surface area contributed by atoms with E-state index in [4.69, 9.17) is 0 Å². The van der Waals surface area contributed by atoms with Gasteiger partial charge in [0.05, 0.1) is 16.8 Å². The lowest BCUT2D eigenvalue weighted by atomic mass is 9.81. The van der Waals surface area contributed by atoms with Crippen LogP contribution in [0.15, 0.2) is 54.6 Å². The van der Waals surface area contributed by atoms with Gasteiger partial charge in [0, 0.05) is 23.3 Å². The van der Waals surface area contributed by atoms with Gasteiger partial charge in [-0.1, -0.05) is 49.2 Å². The van der Waals surface area contributed by atoms with E-state index in [-0.39, 0.29) is 11.3 Å². The topological polar surface area (TPSA) is 118 Å². The van der Waals surface area contributed by atoms with Crippen LogP contribution in [0.25, 0.3) is 0 Å². The van der Waals surface area contributed by atoms with Crippen molar-refractivity contribution in [3.63, 3.8) is 0 Å². The van der Waals surface area contributed by atoms with Gasteiger partial charge in [-0.2, -0.15) is 5.01 Å². The molecule has 2 aliphatic rings. The van der Waals surface area contributed by atoms with Crippen molar-refractivity contribution >= 4 is 29.2 Å². The Labute approximate surface area is 183 Å². The van der Waals surface area contributed by atoms with E-state index in [1.807, 2.05) is 0 Å². The Hall–Kier alpha value is -3.88. The van der Waals surface area contributed by atoms with Crippen molar-refractivity contribution in [3.05, 3.63) is 75.8 Å². The summed E-state index contributed by atoms with van der Waals surface area (Å²) in [7, 11) is 0. The van der Waals surface area contributed by atoms with Crippen molar-refractivity contribution in [2.45, 2.75) is 25.7 Å². The number of nitro benzene ring substituents is 1. The van der Waals surface area contributed by atoms with Crippen LogP contribution in [0.1, 0.15) is 46.4 Å². The van der Waals surface area contributed by atoms with Crippen molar-refractivity contribution in [1.82, 2.24) is 10.0 Å². The molecule has 3 amide bonds. The molecule has 164 valence electrons. The van der Waals surface area contributed by atoms with E-state index in [1.165, 1.54) is 18.2 Å². The van der Waals surface area contributed by atoms with E-state index in [0.29, 0.717) is 18.4 Å². The number of nitrogens with zero attached hydrogens (tertiary/aromatic N) is 3. The van der Waals surface area contributed by atoms with E-state index in [1.54, 1.807) is 30.3 Å². The van der Waals surface area contributed by atoms with Crippen molar-refractivity contribution < 1.29 is 24.1 Å². The average Bonchev–Trinajstić information content (AvgIpc) is 3.07. The molecule has 4 rings (SSSR count). The van der Waals surface area contributed by atoms with E-state index in [9.17, 15) is 29.3 Å². The SMILES string of the molecule is O=C(CN(C(=O)c1cccc([N+](=O)[O-])c1)N1C(=O)[C@@H]2CCCC[C@H]2C1=O)c1ccccc1. The molecule has 1 aliphatic heterocycles. The standard InChI is InChI=1S/C23H21N3O6/c27-20(15-7-2-1-3-8-15)14-24(21(28)16-9-6-10-17(13-16)26(31)32)25-22(29)18-11-4-5-12-19(18)23(25)30/h1-3,6-10,13,18-19H,4-5,11-12,14H2/t18-,19-/m1/s1. The predicted molar refractivity (Wildman–Crippen MR) is 112 cm³/mol. The van der Waals surface area contributed by atoms with Gasteiger partial charge in [0.15, 0.2) is 5.78 Å². The highest BCUT2D eigenvalue weighted by atomic mass is 16.6. The van der Waals surface area contributed by atoms with Crippen molar-refractivity contribution in [1.29, 1.82) is 0 Å². The van der Waals surface area contributed by atoms with Gasteiger partial charge in [-0.15, -0.1) is 0 Å². The number of imide groups is 1. The molecule has 0 radical (unpaired) electrons. The van der Waals surface area contributed by atoms with E-state index in [0.717, 1.165) is 28.9 Å². The van der Waals surface area contributed by atoms with Crippen LogP contribution >= 0.6 is 0 Å². The number of amides is 3. The zero-order valence-corrected chi connectivity index (χ0v) is 17.2. The zero-order chi connectivity index (χ0) is 22.8. The fraction of sp³-hybridized carbons (Fsp3) is 0.304. The number of carbonyl (C=O) groups excluding carboxylic acids is 4. The first-order valence-corrected chi connectivity index (χ1v) is 10.4. The van der Waals surface area contributed by atoms with Gasteiger partial charge in [0.1, 0.15) is 6.54 Å². The van der Waals surface area contributed by atoms with Crippen molar-refractivity contribution in [3.8, 4) is 0 Å². The third kappa shape index (κ3) is 3.89. The molecule has 32 heavy (non-hydrogen) atoms. The number of ketones is 1. The lowest BCUT2D eigenvalue weighted by molar-refractivity contribution is -0.384. The summed E-state index contributed by atoms with van der Waals surface area (Å²) >= 11 is 0. The summed E-state index contributed by atoms with van der Waals surface area (Å²) in [5.41, 5.74) is -0.0747. The lowest BCUT2D eigenvalue weighted by Gasteiger charge is -2.30. The van der Waals surface area contributed by atoms with Crippen molar-refractivity contribution in [2.75, 3.05) is 6.54 Å². The third-order valence-electron chi connectivity index (χ3n) is 5.99. The molecular weight excluding hydrogens is 414 g/mol. The van der Waals surface area contributed by atoms with Gasteiger partial charge < -0.3 is 0 Å². The molecule has 1 heterocycles. The molecule has 2 fully saturated rings. The summed E-state index contributed by atoms with van der Waals surface area (Å²) in [5, 5.41) is 12.8. The van der Waals surface area contributed by atoms with Gasteiger partial charge in [-0.25, -0.2) is 5.01 Å². The number of hydrogen-bond donors (Lipinski definition) is 0. The Kier molecular flexibility index (Phi) is 5.81. The highest BCUT2D eigenvalue weighted by molar-refractivity contribution is 6.09. The van der Waals surface area contributed by atoms with Gasteiger partial charge >= 0.3 is 0 Å². The Morgan fingerprint density at radius 2 is 1.53 bits per heavy atom. The predicted octanol–water partition coefficient (Wildman–Crippen LogP) is 3.01. The zero-order valence-electron chi connectivity index (χ0n) is 17.2. The number of benzene rings is 2. The molecule has 0 spiro atoms. The normalized spacial score (nSPS) is 20.1. The molecular formula is C23H21N3O6. The van der Waals surface area contributed by atoms with Crippen LogP contribution in [-0.4, -0.2) is 45.0 Å². The fourth-order valence-corrected chi connectivity index (χ4v) is 4.37. The quantitative estimate of drug-likeness (QED) is 0.298. The summed E-state index contributed by atoms with van der Waals surface area (Å²) in [6.45, 7) is -0.539. The summed E-state index contributed by atoms with van der Waals surface area (Å²) in [6.07, 6.45) is 2.74. The minimum atomic E-state index is -0.821. The molecule has 0 aromatic heterocycles. The molecule has 0 bridgehead atoms. The molecule has 9 nitrogen and oxygen atoms in total. The summed E-state index contributed by atoms with van der Waals surface area (Å²) in [6, 6.07) is 13.2. The maximum absolute atomic E-state index is 13.4. The van der Waals surface area contributed by atoms with Crippen LogP contribution in [0.3, 0.4) is 0 Å². The molecule has 1 aliphatic carbocycles.